The number of hydrogen-bond donors (Lipinski definition) is 0. The molecule has 0 bridgehead atoms. The van der Waals surface area contributed by atoms with Crippen LogP contribution in [0.4, 0.5) is 0 Å². The molecule has 13 nitrogen and oxygen atoms in total. The van der Waals surface area contributed by atoms with Gasteiger partial charge in [0.05, 0.1) is 22.3 Å². The van der Waals surface area contributed by atoms with Crippen molar-refractivity contribution in [3.63, 3.8) is 0 Å². The Hall–Kier alpha value is -6.44. The van der Waals surface area contributed by atoms with Crippen LogP contribution in [0.15, 0.2) is 133 Å². The third-order valence-corrected chi connectivity index (χ3v) is 9.20. The second kappa shape index (κ2) is 19.9. The van der Waals surface area contributed by atoms with Gasteiger partial charge in [-0.15, -0.1) is 0 Å². The zero-order valence-corrected chi connectivity index (χ0v) is 30.9. The Morgan fingerprint density at radius 3 is 1.42 bits per heavy atom. The number of carbonyl (C=O) groups is 6. The lowest BCUT2D eigenvalue weighted by atomic mass is 9.97. The number of amides is 2. The van der Waals surface area contributed by atoms with E-state index in [-0.39, 0.29) is 47.2 Å². The minimum absolute atomic E-state index is 0.0809. The van der Waals surface area contributed by atoms with Crippen molar-refractivity contribution in [3.8, 4) is 0 Å². The third-order valence-electron chi connectivity index (χ3n) is 9.20. The highest BCUT2D eigenvalue weighted by Crippen LogP contribution is 2.32. The highest BCUT2D eigenvalue weighted by Gasteiger charge is 2.53. The normalized spacial score (nSPS) is 20.1. The highest BCUT2D eigenvalue weighted by atomic mass is 16.7. The first kappa shape index (κ1) is 40.2. The maximum absolute atomic E-state index is 13.8. The maximum atomic E-state index is 13.8. The van der Waals surface area contributed by atoms with Gasteiger partial charge in [-0.3, -0.25) is 14.5 Å². The van der Waals surface area contributed by atoms with E-state index in [1.165, 1.54) is 41.3 Å². The zero-order valence-electron chi connectivity index (χ0n) is 30.9. The summed E-state index contributed by atoms with van der Waals surface area (Å²) >= 11 is 0. The molecule has 13 heteroatoms. The van der Waals surface area contributed by atoms with Gasteiger partial charge >= 0.3 is 23.9 Å². The number of imide groups is 1. The van der Waals surface area contributed by atoms with Gasteiger partial charge in [0.2, 0.25) is 0 Å². The summed E-state index contributed by atoms with van der Waals surface area (Å²) in [6, 6.07) is 32.6. The van der Waals surface area contributed by atoms with Crippen LogP contribution >= 0.6 is 0 Å². The average molecular weight is 776 g/mol. The van der Waals surface area contributed by atoms with Gasteiger partial charge < -0.3 is 28.4 Å². The molecule has 0 saturated carbocycles. The molecule has 4 aromatic rings. The van der Waals surface area contributed by atoms with Crippen molar-refractivity contribution in [2.24, 2.45) is 0 Å². The highest BCUT2D eigenvalue weighted by molar-refractivity contribution is 6.12. The molecule has 0 radical (unpaired) electrons. The van der Waals surface area contributed by atoms with Gasteiger partial charge in [0.15, 0.2) is 24.6 Å². The van der Waals surface area contributed by atoms with E-state index in [1.54, 1.807) is 97.1 Å². The molecule has 4 aromatic carbocycles. The Labute approximate surface area is 329 Å². The van der Waals surface area contributed by atoms with E-state index in [0.717, 1.165) is 0 Å². The van der Waals surface area contributed by atoms with Gasteiger partial charge in [-0.2, -0.15) is 0 Å². The van der Waals surface area contributed by atoms with Gasteiger partial charge in [-0.25, -0.2) is 19.2 Å². The minimum Gasteiger partial charge on any atom is -0.459 e. The molecule has 1 fully saturated rings. The van der Waals surface area contributed by atoms with Gasteiger partial charge in [-0.05, 0) is 61.4 Å². The summed E-state index contributed by atoms with van der Waals surface area (Å²) in [5, 5.41) is 0. The van der Waals surface area contributed by atoms with Gasteiger partial charge in [0.25, 0.3) is 11.8 Å². The number of ether oxygens (including phenoxy) is 6. The molecule has 0 N–H and O–H groups in total. The standard InChI is InChI=1S/C44H41NO12/c46-35-25-26-36(47)45(35)27-15-1-2-16-28-52-44-39(57-43(51)33-23-13-6-14-24-33)38(56-42(50)32-21-11-5-12-22-32)37(55-41(49)31-19-9-4-10-20-31)34(54-44)29-53-40(48)30-17-7-3-8-18-30/h3-14,17-26,34,37-39,44H,1-2,15-16,27-29H2/t34?,37-,38+,39?,44+/m0/s1. The molecule has 2 heterocycles. The number of carbonyl (C=O) groups excluding carboxylic acids is 6. The number of unbranched alkanes of at least 4 members (excludes halogenated alkanes) is 3. The lowest BCUT2D eigenvalue weighted by Crippen LogP contribution is -2.63. The van der Waals surface area contributed by atoms with E-state index < -0.39 is 61.2 Å². The zero-order chi connectivity index (χ0) is 40.0. The van der Waals surface area contributed by atoms with Crippen molar-refractivity contribution >= 4 is 35.7 Å². The second-order valence-corrected chi connectivity index (χ2v) is 13.2. The Kier molecular flexibility index (Phi) is 14.1. The van der Waals surface area contributed by atoms with Crippen LogP contribution in [-0.4, -0.2) is 91.1 Å². The fraction of sp³-hybridized carbons (Fsp3) is 0.273. The van der Waals surface area contributed by atoms with Crippen LogP contribution in [-0.2, 0) is 38.0 Å². The summed E-state index contributed by atoms with van der Waals surface area (Å²) in [7, 11) is 0. The molecule has 5 atom stereocenters. The quantitative estimate of drug-likeness (QED) is 0.0554. The lowest BCUT2D eigenvalue weighted by molar-refractivity contribution is -0.298. The van der Waals surface area contributed by atoms with Crippen molar-refractivity contribution in [1.82, 2.24) is 4.90 Å². The summed E-state index contributed by atoms with van der Waals surface area (Å²) in [5.74, 6) is -3.77. The van der Waals surface area contributed by atoms with Crippen molar-refractivity contribution in [3.05, 3.63) is 156 Å². The predicted molar refractivity (Wildman–Crippen MR) is 203 cm³/mol. The van der Waals surface area contributed by atoms with Crippen molar-refractivity contribution < 1.29 is 57.2 Å². The summed E-state index contributed by atoms with van der Waals surface area (Å²) in [4.78, 5) is 79.2. The van der Waals surface area contributed by atoms with E-state index >= 15 is 0 Å². The monoisotopic (exact) mass is 775 g/mol. The van der Waals surface area contributed by atoms with Gasteiger partial charge in [0, 0.05) is 25.3 Å². The lowest BCUT2D eigenvalue weighted by Gasteiger charge is -2.44. The van der Waals surface area contributed by atoms with E-state index in [4.69, 9.17) is 28.4 Å². The van der Waals surface area contributed by atoms with E-state index in [0.29, 0.717) is 25.7 Å². The van der Waals surface area contributed by atoms with Crippen LogP contribution in [0, 0.1) is 0 Å². The predicted octanol–water partition coefficient (Wildman–Crippen LogP) is 5.75. The fourth-order valence-electron chi connectivity index (χ4n) is 6.24. The van der Waals surface area contributed by atoms with Crippen LogP contribution in [0.2, 0.25) is 0 Å². The first-order valence-electron chi connectivity index (χ1n) is 18.6. The van der Waals surface area contributed by atoms with E-state index in [9.17, 15) is 28.8 Å². The van der Waals surface area contributed by atoms with Crippen LogP contribution < -0.4 is 0 Å². The van der Waals surface area contributed by atoms with Gasteiger partial charge in [0.1, 0.15) is 12.7 Å². The van der Waals surface area contributed by atoms with Crippen molar-refractivity contribution in [1.29, 1.82) is 0 Å². The molecular weight excluding hydrogens is 734 g/mol. The van der Waals surface area contributed by atoms with E-state index in [2.05, 4.69) is 0 Å². The van der Waals surface area contributed by atoms with Crippen LogP contribution in [0.1, 0.15) is 67.1 Å². The maximum Gasteiger partial charge on any atom is 0.338 e. The smallest absolute Gasteiger partial charge is 0.338 e. The molecule has 6 rings (SSSR count). The number of benzene rings is 4. The number of esters is 4. The molecule has 1 saturated heterocycles. The van der Waals surface area contributed by atoms with Crippen molar-refractivity contribution in [2.45, 2.75) is 56.4 Å². The molecule has 2 aliphatic heterocycles. The van der Waals surface area contributed by atoms with Crippen LogP contribution in [0.5, 0.6) is 0 Å². The third kappa shape index (κ3) is 10.9. The molecule has 2 unspecified atom stereocenters. The second-order valence-electron chi connectivity index (χ2n) is 13.2. The first-order chi connectivity index (χ1) is 27.8. The largest absolute Gasteiger partial charge is 0.459 e. The van der Waals surface area contributed by atoms with Crippen LogP contribution in [0.3, 0.4) is 0 Å². The van der Waals surface area contributed by atoms with Crippen LogP contribution in [0.25, 0.3) is 0 Å². The molecule has 0 spiro atoms. The van der Waals surface area contributed by atoms with E-state index in [1.807, 2.05) is 0 Å². The topological polar surface area (TPSA) is 161 Å². The number of rotatable bonds is 17. The first-order valence-corrected chi connectivity index (χ1v) is 18.6. The Balaban J connectivity index is 1.27. The fourth-order valence-corrected chi connectivity index (χ4v) is 6.24. The summed E-state index contributed by atoms with van der Waals surface area (Å²) < 4.78 is 36.4. The Morgan fingerprint density at radius 1 is 0.509 bits per heavy atom. The number of nitrogens with zero attached hydrogens (tertiary/aromatic N) is 1. The van der Waals surface area contributed by atoms with Gasteiger partial charge in [-0.1, -0.05) is 85.6 Å². The molecule has 2 aliphatic rings. The average Bonchev–Trinajstić information content (AvgIpc) is 3.57. The molecule has 294 valence electrons. The molecule has 2 amide bonds. The molecule has 57 heavy (non-hydrogen) atoms. The molecule has 0 aromatic heterocycles. The summed E-state index contributed by atoms with van der Waals surface area (Å²) in [5.41, 5.74) is 0.793. The SMILES string of the molecule is O=C(OCC1O[C@@H](OCCCCCCN2C(=O)C=CC2=O)C(OC(=O)c2ccccc2)[C@H](OC(=O)c2ccccc2)[C@H]1OC(=O)c1ccccc1)c1ccccc1. The number of hydrogen-bond acceptors (Lipinski definition) is 12. The van der Waals surface area contributed by atoms with Crippen molar-refractivity contribution in [2.75, 3.05) is 19.8 Å². The summed E-state index contributed by atoms with van der Waals surface area (Å²) in [6.45, 7) is -0.102. The molecular formula is C44H41NO12. The summed E-state index contributed by atoms with van der Waals surface area (Å²) in [6.07, 6.45) is -2.29. The Bertz CT molecular complexity index is 2010. The minimum atomic E-state index is -1.53. The Morgan fingerprint density at radius 2 is 0.930 bits per heavy atom. The molecule has 0 aliphatic carbocycles.